The van der Waals surface area contributed by atoms with Crippen LogP contribution in [0.25, 0.3) is 0 Å². The lowest BCUT2D eigenvalue weighted by Crippen LogP contribution is -2.22. The van der Waals surface area contributed by atoms with Crippen LogP contribution < -0.4 is 5.73 Å². The van der Waals surface area contributed by atoms with Crippen LogP contribution in [0.3, 0.4) is 0 Å². The minimum atomic E-state index is -3.18. The third-order valence-electron chi connectivity index (χ3n) is 2.07. The summed E-state index contributed by atoms with van der Waals surface area (Å²) in [6.45, 7) is 0.170. The monoisotopic (exact) mass is 229 g/mol. The van der Waals surface area contributed by atoms with Crippen LogP contribution in [0.2, 0.25) is 0 Å². The molecule has 0 aliphatic rings. The van der Waals surface area contributed by atoms with Crippen LogP contribution in [0.5, 0.6) is 0 Å². The highest BCUT2D eigenvalue weighted by atomic mass is 32.2. The molecule has 0 amide bonds. The first kappa shape index (κ1) is 12.2. The highest BCUT2D eigenvalue weighted by Gasteiger charge is 2.09. The van der Waals surface area contributed by atoms with Gasteiger partial charge in [0.25, 0.3) is 0 Å². The fourth-order valence-corrected chi connectivity index (χ4v) is 1.95. The van der Waals surface area contributed by atoms with Crippen molar-refractivity contribution in [3.05, 3.63) is 29.8 Å². The first-order chi connectivity index (χ1) is 6.93. The maximum atomic E-state index is 11.3. The molecule has 0 saturated heterocycles. The van der Waals surface area contributed by atoms with E-state index in [4.69, 9.17) is 5.73 Å². The van der Waals surface area contributed by atoms with Crippen LogP contribution >= 0.6 is 0 Å². The summed E-state index contributed by atoms with van der Waals surface area (Å²) in [6.07, 6.45) is 0.908. The number of nitrogens with two attached hydrogens (primary N) is 1. The third kappa shape index (κ3) is 3.62. The molecule has 0 aromatic heterocycles. The number of benzene rings is 1. The van der Waals surface area contributed by atoms with Crippen LogP contribution in [0, 0.1) is 0 Å². The molecular weight excluding hydrogens is 214 g/mol. The first-order valence-corrected chi connectivity index (χ1v) is 6.49. The zero-order valence-corrected chi connectivity index (χ0v) is 9.37. The Labute approximate surface area is 89.7 Å². The third-order valence-corrected chi connectivity index (χ3v) is 3.18. The average Bonchev–Trinajstić information content (AvgIpc) is 2.17. The average molecular weight is 229 g/mol. The first-order valence-electron chi connectivity index (χ1n) is 4.60. The van der Waals surface area contributed by atoms with Gasteiger partial charge in [0.05, 0.1) is 11.0 Å². The molecule has 1 aromatic rings. The quantitative estimate of drug-likeness (QED) is 0.758. The number of aliphatic hydroxyl groups is 1. The van der Waals surface area contributed by atoms with Gasteiger partial charge in [-0.15, -0.1) is 0 Å². The number of aliphatic hydroxyl groups excluding tert-OH is 1. The number of rotatable bonds is 4. The van der Waals surface area contributed by atoms with Gasteiger partial charge < -0.3 is 10.8 Å². The van der Waals surface area contributed by atoms with Crippen LogP contribution in [0.4, 0.5) is 0 Å². The molecule has 84 valence electrons. The molecule has 1 atom stereocenters. The molecule has 4 nitrogen and oxygen atoms in total. The van der Waals surface area contributed by atoms with E-state index in [9.17, 15) is 13.5 Å². The van der Waals surface area contributed by atoms with E-state index in [1.807, 2.05) is 0 Å². The summed E-state index contributed by atoms with van der Waals surface area (Å²) < 4.78 is 22.5. The summed E-state index contributed by atoms with van der Waals surface area (Å²) in [5.74, 6) is 0. The molecule has 0 spiro atoms. The zero-order valence-electron chi connectivity index (χ0n) is 8.55. The molecule has 0 bridgehead atoms. The molecular formula is C10H15NO3S. The smallest absolute Gasteiger partial charge is 0.175 e. The standard InChI is InChI=1S/C10H15NO3S/c1-15(13,14)10-4-2-3-8(6-10)5-9(12)7-11/h2-4,6,9,12H,5,7,11H2,1H3. The van der Waals surface area contributed by atoms with E-state index in [0.29, 0.717) is 6.42 Å². The topological polar surface area (TPSA) is 80.4 Å². The highest BCUT2D eigenvalue weighted by molar-refractivity contribution is 7.90. The summed E-state index contributed by atoms with van der Waals surface area (Å²) in [5, 5.41) is 9.33. The summed E-state index contributed by atoms with van der Waals surface area (Å²) in [6, 6.07) is 6.53. The Morgan fingerprint density at radius 2 is 2.13 bits per heavy atom. The molecule has 1 rings (SSSR count). The van der Waals surface area contributed by atoms with Crippen molar-refractivity contribution >= 4 is 9.84 Å². The SMILES string of the molecule is CS(=O)(=O)c1cccc(CC(O)CN)c1. The van der Waals surface area contributed by atoms with Crippen molar-refractivity contribution in [1.82, 2.24) is 0 Å². The zero-order chi connectivity index (χ0) is 11.5. The number of sulfone groups is 1. The van der Waals surface area contributed by atoms with Gasteiger partial charge >= 0.3 is 0 Å². The van der Waals surface area contributed by atoms with Crippen molar-refractivity contribution < 1.29 is 13.5 Å². The summed E-state index contributed by atoms with van der Waals surface area (Å²) in [5.41, 5.74) is 6.05. The van der Waals surface area contributed by atoms with Gasteiger partial charge in [-0.3, -0.25) is 0 Å². The molecule has 5 heteroatoms. The summed E-state index contributed by atoms with van der Waals surface area (Å²) in [4.78, 5) is 0.268. The lowest BCUT2D eigenvalue weighted by molar-refractivity contribution is 0.183. The second-order valence-corrected chi connectivity index (χ2v) is 5.53. The highest BCUT2D eigenvalue weighted by Crippen LogP contribution is 2.12. The van der Waals surface area contributed by atoms with Crippen molar-refractivity contribution in [3.63, 3.8) is 0 Å². The second-order valence-electron chi connectivity index (χ2n) is 3.51. The van der Waals surface area contributed by atoms with Crippen molar-refractivity contribution in [3.8, 4) is 0 Å². The molecule has 0 aliphatic carbocycles. The Hall–Kier alpha value is -0.910. The van der Waals surface area contributed by atoms with Gasteiger partial charge in [-0.1, -0.05) is 12.1 Å². The lowest BCUT2D eigenvalue weighted by atomic mass is 10.1. The Balaban J connectivity index is 2.94. The van der Waals surface area contributed by atoms with Crippen molar-refractivity contribution in [2.75, 3.05) is 12.8 Å². The molecule has 0 heterocycles. The van der Waals surface area contributed by atoms with Gasteiger partial charge in [0.15, 0.2) is 9.84 Å². The normalized spacial score (nSPS) is 13.8. The second kappa shape index (κ2) is 4.74. The van der Waals surface area contributed by atoms with Gasteiger partial charge in [-0.05, 0) is 24.1 Å². The van der Waals surface area contributed by atoms with Crippen LogP contribution in [0.1, 0.15) is 5.56 Å². The molecule has 0 radical (unpaired) electrons. The van der Waals surface area contributed by atoms with E-state index >= 15 is 0 Å². The predicted octanol–water partition coefficient (Wildman–Crippen LogP) is -0.0478. The largest absolute Gasteiger partial charge is 0.391 e. The fourth-order valence-electron chi connectivity index (χ4n) is 1.26. The minimum Gasteiger partial charge on any atom is -0.391 e. The molecule has 15 heavy (non-hydrogen) atoms. The van der Waals surface area contributed by atoms with E-state index in [-0.39, 0.29) is 11.4 Å². The molecule has 3 N–H and O–H groups in total. The van der Waals surface area contributed by atoms with E-state index < -0.39 is 15.9 Å². The van der Waals surface area contributed by atoms with Crippen LogP contribution in [0.15, 0.2) is 29.2 Å². The van der Waals surface area contributed by atoms with Crippen molar-refractivity contribution in [1.29, 1.82) is 0 Å². The predicted molar refractivity (Wildman–Crippen MR) is 58.3 cm³/mol. The van der Waals surface area contributed by atoms with Crippen molar-refractivity contribution in [2.45, 2.75) is 17.4 Å². The molecule has 0 aliphatic heterocycles. The Bertz CT molecular complexity index is 428. The summed E-state index contributed by atoms with van der Waals surface area (Å²) in [7, 11) is -3.18. The lowest BCUT2D eigenvalue weighted by Gasteiger charge is -2.08. The Morgan fingerprint density at radius 3 is 2.67 bits per heavy atom. The van der Waals surface area contributed by atoms with Gasteiger partial charge in [0, 0.05) is 12.8 Å². The maximum absolute atomic E-state index is 11.3. The van der Waals surface area contributed by atoms with Crippen molar-refractivity contribution in [2.24, 2.45) is 5.73 Å². The van der Waals surface area contributed by atoms with E-state index in [1.54, 1.807) is 18.2 Å². The molecule has 1 unspecified atom stereocenters. The molecule has 0 fully saturated rings. The van der Waals surface area contributed by atoms with Crippen LogP contribution in [-0.4, -0.2) is 32.4 Å². The number of hydrogen-bond donors (Lipinski definition) is 2. The Morgan fingerprint density at radius 1 is 1.47 bits per heavy atom. The fraction of sp³-hybridized carbons (Fsp3) is 0.400. The van der Waals surface area contributed by atoms with Gasteiger partial charge in [0.2, 0.25) is 0 Å². The van der Waals surface area contributed by atoms with E-state index in [0.717, 1.165) is 11.8 Å². The Kier molecular flexibility index (Phi) is 3.84. The summed E-state index contributed by atoms with van der Waals surface area (Å²) >= 11 is 0. The van der Waals surface area contributed by atoms with Crippen LogP contribution in [-0.2, 0) is 16.3 Å². The molecule has 0 saturated carbocycles. The van der Waals surface area contributed by atoms with Gasteiger partial charge in [-0.2, -0.15) is 0 Å². The van der Waals surface area contributed by atoms with Gasteiger partial charge in [-0.25, -0.2) is 8.42 Å². The molecule has 1 aromatic carbocycles. The maximum Gasteiger partial charge on any atom is 0.175 e. The van der Waals surface area contributed by atoms with E-state index in [1.165, 1.54) is 6.07 Å². The minimum absolute atomic E-state index is 0.170. The number of hydrogen-bond acceptors (Lipinski definition) is 4. The van der Waals surface area contributed by atoms with Gasteiger partial charge in [0.1, 0.15) is 0 Å². The van der Waals surface area contributed by atoms with E-state index in [2.05, 4.69) is 0 Å².